The first-order valence-corrected chi connectivity index (χ1v) is 8.47. The highest BCUT2D eigenvalue weighted by molar-refractivity contribution is 5.97. The zero-order valence-electron chi connectivity index (χ0n) is 13.5. The van der Waals surface area contributed by atoms with Crippen molar-refractivity contribution in [1.82, 2.24) is 20.3 Å². The molecule has 0 aliphatic carbocycles. The first-order chi connectivity index (χ1) is 11.8. The molecule has 2 heterocycles. The van der Waals surface area contributed by atoms with Crippen LogP contribution >= 0.6 is 0 Å². The summed E-state index contributed by atoms with van der Waals surface area (Å²) in [7, 11) is 0. The lowest BCUT2D eigenvalue weighted by molar-refractivity contribution is 0.0731. The predicted octanol–water partition coefficient (Wildman–Crippen LogP) is 3.20. The first-order valence-electron chi connectivity index (χ1n) is 8.47. The Hall–Kier alpha value is -2.69. The van der Waals surface area contributed by atoms with Crippen LogP contribution in [0.1, 0.15) is 35.2 Å². The molecule has 0 spiro atoms. The highest BCUT2D eigenvalue weighted by Crippen LogP contribution is 2.24. The van der Waals surface area contributed by atoms with Crippen LogP contribution in [0.5, 0.6) is 0 Å². The first kappa shape index (κ1) is 14.9. The molecule has 1 fully saturated rings. The van der Waals surface area contributed by atoms with Crippen LogP contribution in [0.4, 0.5) is 0 Å². The van der Waals surface area contributed by atoms with Crippen molar-refractivity contribution in [2.75, 3.05) is 6.54 Å². The number of nitrogens with one attached hydrogen (secondary N) is 1. The fourth-order valence-electron chi connectivity index (χ4n) is 3.52. The van der Waals surface area contributed by atoms with E-state index in [0.29, 0.717) is 11.6 Å². The molecule has 1 aliphatic rings. The second-order valence-corrected chi connectivity index (χ2v) is 6.35. The lowest BCUT2D eigenvalue weighted by atomic mass is 10.0. The van der Waals surface area contributed by atoms with Gasteiger partial charge in [0.1, 0.15) is 11.0 Å². The van der Waals surface area contributed by atoms with Gasteiger partial charge in [-0.3, -0.25) is 4.79 Å². The van der Waals surface area contributed by atoms with Crippen molar-refractivity contribution in [2.45, 2.75) is 31.7 Å². The second-order valence-electron chi connectivity index (χ2n) is 6.35. The molecule has 1 aromatic heterocycles. The number of benzene rings is 2. The van der Waals surface area contributed by atoms with Crippen molar-refractivity contribution in [1.29, 1.82) is 0 Å². The van der Waals surface area contributed by atoms with Gasteiger partial charge in [0.05, 0.1) is 0 Å². The number of carbonyl (C=O) groups excluding carboxylic acids is 1. The molecule has 5 nitrogen and oxygen atoms in total. The monoisotopic (exact) mass is 320 g/mol. The Morgan fingerprint density at radius 1 is 1.12 bits per heavy atom. The zero-order chi connectivity index (χ0) is 16.4. The van der Waals surface area contributed by atoms with Crippen LogP contribution in [0.3, 0.4) is 0 Å². The molecule has 0 radical (unpaired) electrons. The van der Waals surface area contributed by atoms with E-state index in [4.69, 9.17) is 0 Å². The SMILES string of the molecule is O=C(c1ccc2n[nH]nc2c1)N1CCCC1CCc1ccccc1. The summed E-state index contributed by atoms with van der Waals surface area (Å²) in [5, 5.41) is 10.7. The maximum absolute atomic E-state index is 12.9. The number of rotatable bonds is 4. The second kappa shape index (κ2) is 6.43. The molecule has 1 amide bonds. The Balaban J connectivity index is 1.48. The number of likely N-dealkylation sites (tertiary alicyclic amines) is 1. The molecule has 1 atom stereocenters. The van der Waals surface area contributed by atoms with E-state index in [0.717, 1.165) is 43.3 Å². The standard InChI is InChI=1S/C19H20N4O/c24-19(15-9-11-17-18(13-15)21-22-20-17)23-12-4-7-16(23)10-8-14-5-2-1-3-6-14/h1-3,5-6,9,11,13,16H,4,7-8,10,12H2,(H,20,21,22). The summed E-state index contributed by atoms with van der Waals surface area (Å²) in [6.07, 6.45) is 4.20. The Morgan fingerprint density at radius 3 is 2.83 bits per heavy atom. The van der Waals surface area contributed by atoms with Gasteiger partial charge in [0.15, 0.2) is 0 Å². The summed E-state index contributed by atoms with van der Waals surface area (Å²) in [4.78, 5) is 14.9. The molecule has 0 bridgehead atoms. The minimum absolute atomic E-state index is 0.107. The Morgan fingerprint density at radius 2 is 1.96 bits per heavy atom. The van der Waals surface area contributed by atoms with Gasteiger partial charge in [0, 0.05) is 18.2 Å². The molecule has 24 heavy (non-hydrogen) atoms. The van der Waals surface area contributed by atoms with Gasteiger partial charge in [-0.25, -0.2) is 0 Å². The number of carbonyl (C=O) groups is 1. The van der Waals surface area contributed by atoms with Crippen molar-refractivity contribution in [3.8, 4) is 0 Å². The topological polar surface area (TPSA) is 61.9 Å². The van der Waals surface area contributed by atoms with Crippen molar-refractivity contribution in [3.63, 3.8) is 0 Å². The Bertz CT molecular complexity index is 843. The summed E-state index contributed by atoms with van der Waals surface area (Å²) in [6, 6.07) is 16.3. The molecular weight excluding hydrogens is 300 g/mol. The smallest absolute Gasteiger partial charge is 0.254 e. The van der Waals surface area contributed by atoms with E-state index in [1.165, 1.54) is 5.56 Å². The van der Waals surface area contributed by atoms with Crippen LogP contribution in [0.2, 0.25) is 0 Å². The van der Waals surface area contributed by atoms with E-state index in [1.54, 1.807) is 0 Å². The Labute approximate surface area is 140 Å². The van der Waals surface area contributed by atoms with Crippen LogP contribution in [0.25, 0.3) is 11.0 Å². The lowest BCUT2D eigenvalue weighted by Crippen LogP contribution is -2.35. The summed E-state index contributed by atoms with van der Waals surface area (Å²) in [5.74, 6) is 0.107. The van der Waals surface area contributed by atoms with E-state index < -0.39 is 0 Å². The van der Waals surface area contributed by atoms with E-state index >= 15 is 0 Å². The zero-order valence-corrected chi connectivity index (χ0v) is 13.5. The van der Waals surface area contributed by atoms with Gasteiger partial charge in [-0.05, 0) is 49.4 Å². The van der Waals surface area contributed by atoms with Crippen LogP contribution in [-0.4, -0.2) is 38.8 Å². The van der Waals surface area contributed by atoms with E-state index in [1.807, 2.05) is 29.2 Å². The molecule has 1 N–H and O–H groups in total. The van der Waals surface area contributed by atoms with E-state index in [2.05, 4.69) is 39.7 Å². The van der Waals surface area contributed by atoms with E-state index in [9.17, 15) is 4.79 Å². The van der Waals surface area contributed by atoms with Crippen LogP contribution in [-0.2, 0) is 6.42 Å². The largest absolute Gasteiger partial charge is 0.336 e. The Kier molecular flexibility index (Phi) is 3.99. The molecule has 1 unspecified atom stereocenters. The normalized spacial score (nSPS) is 17.5. The average Bonchev–Trinajstić information content (AvgIpc) is 3.28. The van der Waals surface area contributed by atoms with Gasteiger partial charge in [-0.1, -0.05) is 30.3 Å². The summed E-state index contributed by atoms with van der Waals surface area (Å²) in [5.41, 5.74) is 3.55. The number of aryl methyl sites for hydroxylation is 1. The number of amides is 1. The third-order valence-corrected chi connectivity index (χ3v) is 4.81. The van der Waals surface area contributed by atoms with Crippen LogP contribution in [0.15, 0.2) is 48.5 Å². The summed E-state index contributed by atoms with van der Waals surface area (Å²) >= 11 is 0. The van der Waals surface area contributed by atoms with Gasteiger partial charge < -0.3 is 4.90 Å². The van der Waals surface area contributed by atoms with Gasteiger partial charge in [-0.15, -0.1) is 0 Å². The minimum Gasteiger partial charge on any atom is -0.336 e. The molecule has 1 aliphatic heterocycles. The van der Waals surface area contributed by atoms with E-state index in [-0.39, 0.29) is 5.91 Å². The fraction of sp³-hybridized carbons (Fsp3) is 0.316. The fourth-order valence-corrected chi connectivity index (χ4v) is 3.52. The predicted molar refractivity (Wildman–Crippen MR) is 92.7 cm³/mol. The number of fused-ring (bicyclic) bond motifs is 1. The molecule has 122 valence electrons. The molecular formula is C19H20N4O. The molecule has 3 aromatic rings. The minimum atomic E-state index is 0.107. The number of aromatic amines is 1. The summed E-state index contributed by atoms with van der Waals surface area (Å²) < 4.78 is 0. The van der Waals surface area contributed by atoms with Gasteiger partial charge >= 0.3 is 0 Å². The number of aromatic nitrogens is 3. The third-order valence-electron chi connectivity index (χ3n) is 4.81. The van der Waals surface area contributed by atoms with Crippen molar-refractivity contribution in [3.05, 3.63) is 59.7 Å². The number of hydrogen-bond donors (Lipinski definition) is 1. The molecule has 0 saturated carbocycles. The molecule has 1 saturated heterocycles. The van der Waals surface area contributed by atoms with Gasteiger partial charge in [0.2, 0.25) is 0 Å². The van der Waals surface area contributed by atoms with Crippen molar-refractivity contribution in [2.24, 2.45) is 0 Å². The quantitative estimate of drug-likeness (QED) is 0.803. The molecule has 5 heteroatoms. The maximum atomic E-state index is 12.9. The molecule has 4 rings (SSSR count). The number of nitrogens with zero attached hydrogens (tertiary/aromatic N) is 3. The maximum Gasteiger partial charge on any atom is 0.254 e. The van der Waals surface area contributed by atoms with Gasteiger partial charge in [-0.2, -0.15) is 15.4 Å². The average molecular weight is 320 g/mol. The summed E-state index contributed by atoms with van der Waals surface area (Å²) in [6.45, 7) is 0.842. The highest BCUT2D eigenvalue weighted by Gasteiger charge is 2.29. The van der Waals surface area contributed by atoms with Crippen molar-refractivity contribution >= 4 is 16.9 Å². The molecule has 2 aromatic carbocycles. The van der Waals surface area contributed by atoms with Crippen LogP contribution < -0.4 is 0 Å². The highest BCUT2D eigenvalue weighted by atomic mass is 16.2. The van der Waals surface area contributed by atoms with Crippen molar-refractivity contribution < 1.29 is 4.79 Å². The number of hydrogen-bond acceptors (Lipinski definition) is 3. The van der Waals surface area contributed by atoms with Crippen LogP contribution in [0, 0.1) is 0 Å². The third kappa shape index (κ3) is 2.89. The van der Waals surface area contributed by atoms with Gasteiger partial charge in [0.25, 0.3) is 5.91 Å². The lowest BCUT2D eigenvalue weighted by Gasteiger charge is -2.25. The number of H-pyrrole nitrogens is 1.